The van der Waals surface area contributed by atoms with Crippen molar-refractivity contribution in [3.63, 3.8) is 0 Å². The summed E-state index contributed by atoms with van der Waals surface area (Å²) in [5, 5.41) is 0. The fraction of sp³-hybridized carbons (Fsp3) is 0.412. The molecule has 5 nitrogen and oxygen atoms in total. The minimum Gasteiger partial charge on any atom is -0.493 e. The molecule has 6 heteroatoms. The molecule has 0 spiro atoms. The quantitative estimate of drug-likeness (QED) is 0.806. The van der Waals surface area contributed by atoms with Gasteiger partial charge in [-0.15, -0.1) is 6.58 Å². The molecule has 0 unspecified atom stereocenters. The molecule has 0 N–H and O–H groups in total. The Labute approximate surface area is 139 Å². The Morgan fingerprint density at radius 1 is 1.30 bits per heavy atom. The van der Waals surface area contributed by atoms with Gasteiger partial charge < -0.3 is 14.0 Å². The van der Waals surface area contributed by atoms with Crippen LogP contribution in [-0.2, 0) is 11.3 Å². The van der Waals surface area contributed by atoms with E-state index in [2.05, 4.69) is 11.6 Å². The molecule has 1 heterocycles. The monoisotopic (exact) mass is 334 g/mol. The zero-order chi connectivity index (χ0) is 17.2. The zero-order valence-electron chi connectivity index (χ0n) is 14.2. The minimum absolute atomic E-state index is 0.152. The number of carbonyl (C=O) groups is 1. The Hall–Kier alpha value is -2.08. The maximum Gasteiger partial charge on any atom is 0.253 e. The first-order chi connectivity index (χ1) is 10.8. The van der Waals surface area contributed by atoms with Crippen molar-refractivity contribution in [2.45, 2.75) is 27.3 Å². The molecule has 0 aliphatic carbocycles. The number of thiazole rings is 1. The highest BCUT2D eigenvalue weighted by Crippen LogP contribution is 2.33. The molecule has 0 aliphatic heterocycles. The minimum atomic E-state index is -0.516. The Balaban J connectivity index is 2.75. The molecule has 0 fully saturated rings. The number of hydrogen-bond donors (Lipinski definition) is 0. The van der Waals surface area contributed by atoms with Crippen molar-refractivity contribution >= 4 is 27.5 Å². The van der Waals surface area contributed by atoms with Gasteiger partial charge in [0, 0.05) is 24.1 Å². The first-order valence-electron chi connectivity index (χ1n) is 7.27. The van der Waals surface area contributed by atoms with E-state index in [0.717, 1.165) is 10.2 Å². The summed E-state index contributed by atoms with van der Waals surface area (Å²) in [6, 6.07) is 3.80. The molecular formula is C17H22N2O3S. The second-order valence-corrected chi connectivity index (χ2v) is 7.13. The molecule has 1 amide bonds. The number of fused-ring (bicyclic) bond motifs is 1. The molecule has 0 bridgehead atoms. The number of nitrogens with zero attached hydrogens (tertiary/aromatic N) is 2. The fourth-order valence-corrected chi connectivity index (χ4v) is 3.09. The van der Waals surface area contributed by atoms with E-state index < -0.39 is 5.41 Å². The fourth-order valence-electron chi connectivity index (χ4n) is 2.04. The summed E-state index contributed by atoms with van der Waals surface area (Å²) in [6.07, 6.45) is 1.78. The second kappa shape index (κ2) is 6.58. The lowest BCUT2D eigenvalue weighted by Crippen LogP contribution is -2.23. The van der Waals surface area contributed by atoms with E-state index in [1.54, 1.807) is 20.3 Å². The van der Waals surface area contributed by atoms with E-state index in [4.69, 9.17) is 9.47 Å². The van der Waals surface area contributed by atoms with Gasteiger partial charge >= 0.3 is 0 Å². The molecule has 1 aromatic heterocycles. The summed E-state index contributed by atoms with van der Waals surface area (Å²) in [6.45, 7) is 9.92. The molecule has 124 valence electrons. The lowest BCUT2D eigenvalue weighted by molar-refractivity contribution is -0.125. The van der Waals surface area contributed by atoms with Gasteiger partial charge in [-0.3, -0.25) is 4.79 Å². The van der Waals surface area contributed by atoms with Crippen LogP contribution >= 0.6 is 11.3 Å². The van der Waals surface area contributed by atoms with Gasteiger partial charge in [-0.1, -0.05) is 38.2 Å². The Bertz CT molecular complexity index is 810. The van der Waals surface area contributed by atoms with Gasteiger partial charge in [0.05, 0.1) is 24.4 Å². The highest BCUT2D eigenvalue weighted by Gasteiger charge is 2.21. The third kappa shape index (κ3) is 3.47. The van der Waals surface area contributed by atoms with Gasteiger partial charge in [-0.05, 0) is 0 Å². The number of rotatable bonds is 4. The number of benzene rings is 1. The molecule has 0 saturated heterocycles. The van der Waals surface area contributed by atoms with Crippen molar-refractivity contribution in [1.82, 2.24) is 4.57 Å². The Morgan fingerprint density at radius 3 is 2.43 bits per heavy atom. The molecule has 0 saturated carbocycles. The van der Waals surface area contributed by atoms with Crippen LogP contribution in [0.1, 0.15) is 20.8 Å². The number of ether oxygens (including phenoxy) is 2. The second-order valence-electron chi connectivity index (χ2n) is 6.13. The summed E-state index contributed by atoms with van der Waals surface area (Å²) in [5.74, 6) is 1.14. The summed E-state index contributed by atoms with van der Waals surface area (Å²) in [4.78, 5) is 17.2. The van der Waals surface area contributed by atoms with Gasteiger partial charge in [0.2, 0.25) is 0 Å². The number of carbonyl (C=O) groups excluding carboxylic acids is 1. The number of amides is 1. The van der Waals surface area contributed by atoms with E-state index >= 15 is 0 Å². The van der Waals surface area contributed by atoms with E-state index in [1.165, 1.54) is 11.3 Å². The number of aromatic nitrogens is 1. The first-order valence-corrected chi connectivity index (χ1v) is 8.09. The summed E-state index contributed by atoms with van der Waals surface area (Å²) in [5.41, 5.74) is 0.422. The van der Waals surface area contributed by atoms with E-state index in [1.807, 2.05) is 37.5 Å². The lowest BCUT2D eigenvalue weighted by atomic mass is 9.96. The molecule has 2 rings (SSSR count). The molecule has 23 heavy (non-hydrogen) atoms. The third-order valence-electron chi connectivity index (χ3n) is 3.34. The third-order valence-corrected chi connectivity index (χ3v) is 4.38. The zero-order valence-corrected chi connectivity index (χ0v) is 15.0. The standard InChI is InChI=1S/C17H22N2O3S/c1-7-8-19-11-9-12(21-5)13(22-6)10-14(11)23-16(19)18-15(20)17(2,3)4/h7,9-10H,1,8H2,2-6H3. The SMILES string of the molecule is C=CCn1c(=NC(=O)C(C)(C)C)sc2cc(OC)c(OC)cc21. The van der Waals surface area contributed by atoms with Gasteiger partial charge in [0.15, 0.2) is 16.3 Å². The maximum atomic E-state index is 12.3. The normalized spacial score (nSPS) is 12.5. The summed E-state index contributed by atoms with van der Waals surface area (Å²) < 4.78 is 13.6. The predicted octanol–water partition coefficient (Wildman–Crippen LogP) is 3.38. The van der Waals surface area contributed by atoms with Crippen molar-refractivity contribution in [2.75, 3.05) is 14.2 Å². The van der Waals surface area contributed by atoms with Crippen LogP contribution in [0.5, 0.6) is 11.5 Å². The highest BCUT2D eigenvalue weighted by molar-refractivity contribution is 7.16. The van der Waals surface area contributed by atoms with E-state index in [0.29, 0.717) is 22.8 Å². The van der Waals surface area contributed by atoms with Crippen LogP contribution in [0.25, 0.3) is 10.2 Å². The van der Waals surface area contributed by atoms with E-state index in [9.17, 15) is 4.79 Å². The average Bonchev–Trinajstić information content (AvgIpc) is 2.82. The van der Waals surface area contributed by atoms with Crippen molar-refractivity contribution in [1.29, 1.82) is 0 Å². The number of allylic oxidation sites excluding steroid dienone is 1. The van der Waals surface area contributed by atoms with Gasteiger partial charge in [-0.25, -0.2) is 0 Å². The van der Waals surface area contributed by atoms with Crippen LogP contribution in [0.15, 0.2) is 29.8 Å². The molecule has 0 aliphatic rings. The molecule has 0 radical (unpaired) electrons. The molecular weight excluding hydrogens is 312 g/mol. The smallest absolute Gasteiger partial charge is 0.253 e. The van der Waals surface area contributed by atoms with Crippen molar-refractivity contribution in [3.05, 3.63) is 29.6 Å². The molecule has 0 atom stereocenters. The van der Waals surface area contributed by atoms with Gasteiger partial charge in [0.25, 0.3) is 5.91 Å². The topological polar surface area (TPSA) is 52.8 Å². The van der Waals surface area contributed by atoms with Crippen LogP contribution in [0.3, 0.4) is 0 Å². The van der Waals surface area contributed by atoms with Crippen molar-refractivity contribution < 1.29 is 14.3 Å². The van der Waals surface area contributed by atoms with Crippen LogP contribution in [-0.4, -0.2) is 24.7 Å². The van der Waals surface area contributed by atoms with Crippen LogP contribution < -0.4 is 14.3 Å². The average molecular weight is 334 g/mol. The van der Waals surface area contributed by atoms with Crippen molar-refractivity contribution in [3.8, 4) is 11.5 Å². The summed E-state index contributed by atoms with van der Waals surface area (Å²) in [7, 11) is 3.20. The molecule has 2 aromatic rings. The van der Waals surface area contributed by atoms with Crippen LogP contribution in [0.4, 0.5) is 0 Å². The van der Waals surface area contributed by atoms with Crippen molar-refractivity contribution in [2.24, 2.45) is 10.4 Å². The van der Waals surface area contributed by atoms with Crippen LogP contribution in [0, 0.1) is 5.41 Å². The summed E-state index contributed by atoms with van der Waals surface area (Å²) >= 11 is 1.45. The number of hydrogen-bond acceptors (Lipinski definition) is 4. The van der Waals surface area contributed by atoms with E-state index in [-0.39, 0.29) is 5.91 Å². The van der Waals surface area contributed by atoms with Crippen LogP contribution in [0.2, 0.25) is 0 Å². The highest BCUT2D eigenvalue weighted by atomic mass is 32.1. The maximum absolute atomic E-state index is 12.3. The molecule has 1 aromatic carbocycles. The predicted molar refractivity (Wildman–Crippen MR) is 93.1 cm³/mol. The number of methoxy groups -OCH3 is 2. The Morgan fingerprint density at radius 2 is 1.91 bits per heavy atom. The Kier molecular flexibility index (Phi) is 4.94. The largest absolute Gasteiger partial charge is 0.493 e. The van der Waals surface area contributed by atoms with Gasteiger partial charge in [-0.2, -0.15) is 4.99 Å². The lowest BCUT2D eigenvalue weighted by Gasteiger charge is -2.11. The van der Waals surface area contributed by atoms with Gasteiger partial charge in [0.1, 0.15) is 0 Å². The first kappa shape index (κ1) is 17.3.